The van der Waals surface area contributed by atoms with E-state index >= 15 is 0 Å². The number of esters is 1. The third kappa shape index (κ3) is 1.85. The van der Waals surface area contributed by atoms with E-state index < -0.39 is 56.6 Å². The molecule has 10 heteroatoms. The molecule has 2 rings (SSSR count). The van der Waals surface area contributed by atoms with Gasteiger partial charge in [-0.05, 0) is 6.92 Å². The summed E-state index contributed by atoms with van der Waals surface area (Å²) in [5, 5.41) is 7.94. The van der Waals surface area contributed by atoms with E-state index in [2.05, 4.69) is 0 Å². The molecule has 118 valence electrons. The van der Waals surface area contributed by atoms with E-state index in [4.69, 9.17) is 9.47 Å². The number of carboxylic acid groups (broad SMARTS) is 1. The minimum Gasteiger partial charge on any atom is -0.480 e. The molecule has 2 aliphatic rings. The van der Waals surface area contributed by atoms with Crippen molar-refractivity contribution in [3.63, 3.8) is 0 Å². The van der Waals surface area contributed by atoms with Gasteiger partial charge in [0, 0.05) is 14.0 Å². The molecule has 0 aromatic heterocycles. The number of carboxylic acids is 1. The second-order valence-corrected chi connectivity index (χ2v) is 7.68. The molecule has 1 N–H and O–H groups in total. The van der Waals surface area contributed by atoms with Crippen molar-refractivity contribution in [2.24, 2.45) is 0 Å². The predicted molar refractivity (Wildman–Crippen MR) is 66.8 cm³/mol. The molecular weight excluding hydrogens is 306 g/mol. The monoisotopic (exact) mass is 321 g/mol. The van der Waals surface area contributed by atoms with E-state index in [1.807, 2.05) is 0 Å². The Kier molecular flexibility index (Phi) is 3.49. The van der Waals surface area contributed by atoms with Gasteiger partial charge in [-0.25, -0.2) is 13.2 Å². The number of nitrogens with zero attached hydrogens (tertiary/aromatic N) is 1. The number of hydrogen-bond acceptors (Lipinski definition) is 7. The molecule has 0 unspecified atom stereocenters. The lowest BCUT2D eigenvalue weighted by Crippen LogP contribution is -2.67. The van der Waals surface area contributed by atoms with E-state index in [0.29, 0.717) is 0 Å². The highest BCUT2D eigenvalue weighted by atomic mass is 32.2. The van der Waals surface area contributed by atoms with Crippen LogP contribution < -0.4 is 0 Å². The molecule has 9 nitrogen and oxygen atoms in total. The zero-order chi connectivity index (χ0) is 16.2. The van der Waals surface area contributed by atoms with Crippen molar-refractivity contribution in [3.8, 4) is 0 Å². The first-order valence-corrected chi connectivity index (χ1v) is 7.59. The zero-order valence-electron chi connectivity index (χ0n) is 11.6. The highest BCUT2D eigenvalue weighted by Crippen LogP contribution is 2.47. The van der Waals surface area contributed by atoms with Crippen molar-refractivity contribution in [2.75, 3.05) is 13.7 Å². The second kappa shape index (κ2) is 4.67. The van der Waals surface area contributed by atoms with Crippen LogP contribution in [0.25, 0.3) is 0 Å². The summed E-state index contributed by atoms with van der Waals surface area (Å²) in [5.74, 6) is -2.91. The minimum absolute atomic E-state index is 0.641. The summed E-state index contributed by atoms with van der Waals surface area (Å²) in [6.45, 7) is 1.60. The summed E-state index contributed by atoms with van der Waals surface area (Å²) in [7, 11) is -2.92. The van der Waals surface area contributed by atoms with Gasteiger partial charge in [0.15, 0.2) is 27.4 Å². The summed E-state index contributed by atoms with van der Waals surface area (Å²) in [6.07, 6.45) is -1.23. The molecule has 2 heterocycles. The van der Waals surface area contributed by atoms with Crippen molar-refractivity contribution >= 4 is 27.7 Å². The summed E-state index contributed by atoms with van der Waals surface area (Å²) in [6, 6.07) is -1.62. The topological polar surface area (TPSA) is 127 Å². The van der Waals surface area contributed by atoms with Gasteiger partial charge in [0.1, 0.15) is 11.4 Å². The number of sulfone groups is 1. The number of fused-ring (bicyclic) bond motifs is 1. The molecule has 2 fully saturated rings. The molecule has 0 bridgehead atoms. The Morgan fingerprint density at radius 2 is 2.00 bits per heavy atom. The number of rotatable bonds is 4. The fourth-order valence-corrected chi connectivity index (χ4v) is 5.15. The van der Waals surface area contributed by atoms with Crippen LogP contribution in [0.4, 0.5) is 0 Å². The number of carbonyl (C=O) groups excluding carboxylic acids is 2. The molecule has 0 spiro atoms. The standard InChI is InChI=1S/C11H15NO8S/c1-5(13)20-4-11(2)7(10(15)16)12-8(14)6(19-3)9(12)21(11,17)18/h6-7,9H,4H2,1-3H3,(H,15,16)/t6-,7-,9-,11-/m0/s1. The van der Waals surface area contributed by atoms with Gasteiger partial charge in [-0.15, -0.1) is 0 Å². The highest BCUT2D eigenvalue weighted by molar-refractivity contribution is 7.94. The quantitative estimate of drug-likeness (QED) is 0.483. The zero-order valence-corrected chi connectivity index (χ0v) is 12.4. The second-order valence-electron chi connectivity index (χ2n) is 5.17. The Bertz CT molecular complexity index is 614. The first kappa shape index (κ1) is 15.7. The van der Waals surface area contributed by atoms with E-state index in [-0.39, 0.29) is 0 Å². The van der Waals surface area contributed by atoms with Crippen molar-refractivity contribution < 1.29 is 37.4 Å². The SMILES string of the molecule is CO[C@H]1C(=O)N2[C@@H](C(=O)O)[C@](C)(COC(C)=O)S(=O)(=O)[C@@H]12. The van der Waals surface area contributed by atoms with Crippen LogP contribution in [0.2, 0.25) is 0 Å². The molecule has 0 radical (unpaired) electrons. The Balaban J connectivity index is 2.50. The number of amides is 1. The Hall–Kier alpha value is -1.68. The third-order valence-electron chi connectivity index (χ3n) is 3.91. The van der Waals surface area contributed by atoms with Gasteiger partial charge in [-0.3, -0.25) is 9.59 Å². The van der Waals surface area contributed by atoms with Gasteiger partial charge in [0.05, 0.1) is 0 Å². The van der Waals surface area contributed by atoms with Crippen LogP contribution in [0.1, 0.15) is 13.8 Å². The molecule has 2 aliphatic heterocycles. The smallest absolute Gasteiger partial charge is 0.328 e. The normalized spacial score (nSPS) is 36.8. The van der Waals surface area contributed by atoms with E-state index in [9.17, 15) is 27.9 Å². The molecule has 0 aromatic carbocycles. The number of β-lactam (4-membered cyclic amide) rings is 1. The minimum atomic E-state index is -4.09. The van der Waals surface area contributed by atoms with Crippen molar-refractivity contribution in [1.82, 2.24) is 4.90 Å². The molecule has 4 atom stereocenters. The van der Waals surface area contributed by atoms with Gasteiger partial charge >= 0.3 is 11.9 Å². The Morgan fingerprint density at radius 1 is 1.43 bits per heavy atom. The molecule has 2 saturated heterocycles. The van der Waals surface area contributed by atoms with Gasteiger partial charge < -0.3 is 19.5 Å². The van der Waals surface area contributed by atoms with E-state index in [1.54, 1.807) is 0 Å². The van der Waals surface area contributed by atoms with Gasteiger partial charge in [0.25, 0.3) is 5.91 Å². The molecule has 1 amide bonds. The molecule has 0 aromatic rings. The fourth-order valence-electron chi connectivity index (χ4n) is 2.77. The number of ether oxygens (including phenoxy) is 2. The van der Waals surface area contributed by atoms with Gasteiger partial charge in [-0.2, -0.15) is 0 Å². The summed E-state index contributed by atoms with van der Waals surface area (Å²) in [5.41, 5.74) is 0. The van der Waals surface area contributed by atoms with Gasteiger partial charge in [-0.1, -0.05) is 0 Å². The average molecular weight is 321 g/mol. The number of methoxy groups -OCH3 is 1. The Labute approximate surface area is 120 Å². The average Bonchev–Trinajstić information content (AvgIpc) is 2.52. The molecule has 21 heavy (non-hydrogen) atoms. The summed E-state index contributed by atoms with van der Waals surface area (Å²) in [4.78, 5) is 35.0. The predicted octanol–water partition coefficient (Wildman–Crippen LogP) is -1.63. The maximum Gasteiger partial charge on any atom is 0.328 e. The highest BCUT2D eigenvalue weighted by Gasteiger charge is 2.74. The van der Waals surface area contributed by atoms with E-state index in [0.717, 1.165) is 18.7 Å². The molecular formula is C11H15NO8S. The van der Waals surface area contributed by atoms with Crippen LogP contribution in [0.5, 0.6) is 0 Å². The largest absolute Gasteiger partial charge is 0.480 e. The van der Waals surface area contributed by atoms with Crippen LogP contribution in [-0.2, 0) is 33.7 Å². The number of aliphatic carboxylic acids is 1. The molecule has 0 saturated carbocycles. The van der Waals surface area contributed by atoms with Crippen molar-refractivity contribution in [3.05, 3.63) is 0 Å². The Morgan fingerprint density at radius 3 is 2.43 bits per heavy atom. The summed E-state index contributed by atoms with van der Waals surface area (Å²) < 4.78 is 32.8. The third-order valence-corrected chi connectivity index (χ3v) is 6.66. The number of carbonyl (C=O) groups is 3. The van der Waals surface area contributed by atoms with Crippen LogP contribution in [0.3, 0.4) is 0 Å². The first-order valence-electron chi connectivity index (χ1n) is 6.04. The van der Waals surface area contributed by atoms with Crippen LogP contribution in [0, 0.1) is 0 Å². The summed E-state index contributed by atoms with van der Waals surface area (Å²) >= 11 is 0. The fraction of sp³-hybridized carbons (Fsp3) is 0.727. The van der Waals surface area contributed by atoms with Crippen LogP contribution >= 0.6 is 0 Å². The lowest BCUT2D eigenvalue weighted by Gasteiger charge is -2.41. The van der Waals surface area contributed by atoms with E-state index in [1.165, 1.54) is 7.11 Å². The van der Waals surface area contributed by atoms with Crippen molar-refractivity contribution in [1.29, 1.82) is 0 Å². The number of hydrogen-bond donors (Lipinski definition) is 1. The van der Waals surface area contributed by atoms with Crippen LogP contribution in [0.15, 0.2) is 0 Å². The van der Waals surface area contributed by atoms with Gasteiger partial charge in [0.2, 0.25) is 0 Å². The lowest BCUT2D eigenvalue weighted by molar-refractivity contribution is -0.173. The first-order chi connectivity index (χ1) is 9.59. The van der Waals surface area contributed by atoms with Crippen LogP contribution in [-0.4, -0.2) is 72.3 Å². The lowest BCUT2D eigenvalue weighted by atomic mass is 9.96. The maximum atomic E-state index is 12.6. The molecule has 0 aliphatic carbocycles. The van der Waals surface area contributed by atoms with Crippen molar-refractivity contribution in [2.45, 2.75) is 36.1 Å². The maximum absolute atomic E-state index is 12.6.